The van der Waals surface area contributed by atoms with Crippen LogP contribution in [0.2, 0.25) is 0 Å². The van der Waals surface area contributed by atoms with E-state index in [-0.39, 0.29) is 24.0 Å². The summed E-state index contributed by atoms with van der Waals surface area (Å²) in [4.78, 5) is 0. The third-order valence-corrected chi connectivity index (χ3v) is 0.656. The molecule has 5 heteroatoms. The van der Waals surface area contributed by atoms with Crippen LogP contribution in [-0.2, 0) is 0 Å². The van der Waals surface area contributed by atoms with Gasteiger partial charge >= 0.3 is 0 Å². The summed E-state index contributed by atoms with van der Waals surface area (Å²) >= 11 is 0. The average Bonchev–Trinajstić information content (AvgIpc) is 1.84. The lowest BCUT2D eigenvalue weighted by Gasteiger charge is -2.05. The van der Waals surface area contributed by atoms with E-state index in [2.05, 4.69) is 15.5 Å². The predicted octanol–water partition coefficient (Wildman–Crippen LogP) is -2.61. The fraction of sp³-hybridized carbons (Fsp3) is 0.667. The summed E-state index contributed by atoms with van der Waals surface area (Å²) in [5, 5.41) is 10.7. The summed E-state index contributed by atoms with van der Waals surface area (Å²) in [5.41, 5.74) is 0. The largest absolute Gasteiger partial charge is 1.00 e. The highest BCUT2D eigenvalue weighted by atomic mass is 127. The van der Waals surface area contributed by atoms with Crippen LogP contribution >= 0.6 is 0 Å². The highest BCUT2D eigenvalue weighted by molar-refractivity contribution is 5.45. The molecule has 8 heavy (non-hydrogen) atoms. The Morgan fingerprint density at radius 2 is 2.00 bits per heavy atom. The molecule has 1 aliphatic heterocycles. The van der Waals surface area contributed by atoms with Crippen molar-refractivity contribution in [2.45, 2.75) is 0 Å². The first-order valence-corrected chi connectivity index (χ1v) is 2.01. The second kappa shape index (κ2) is 2.49. The van der Waals surface area contributed by atoms with E-state index in [0.717, 1.165) is 0 Å². The van der Waals surface area contributed by atoms with E-state index in [4.69, 9.17) is 0 Å². The van der Waals surface area contributed by atoms with Crippen LogP contribution in [-0.4, -0.2) is 25.0 Å². The van der Waals surface area contributed by atoms with Crippen LogP contribution in [0.3, 0.4) is 0 Å². The van der Waals surface area contributed by atoms with Crippen LogP contribution in [0.15, 0.2) is 15.5 Å². The molecule has 0 atom stereocenters. The molecule has 0 spiro atoms. The maximum atomic E-state index is 3.71. The monoisotopic (exact) mass is 226 g/mol. The Hall–Kier alpha value is -0.0400. The topological polar surface area (TPSA) is 37.1 Å². The van der Waals surface area contributed by atoms with Crippen molar-refractivity contribution >= 4 is 6.34 Å². The van der Waals surface area contributed by atoms with Crippen molar-refractivity contribution in [3.05, 3.63) is 0 Å². The van der Waals surface area contributed by atoms with Crippen molar-refractivity contribution in [3.63, 3.8) is 0 Å². The number of hydrogen-bond acceptors (Lipinski definition) is 3. The Kier molecular flexibility index (Phi) is 2.48. The van der Waals surface area contributed by atoms with Crippen LogP contribution < -0.4 is 24.0 Å². The van der Waals surface area contributed by atoms with Crippen molar-refractivity contribution in [2.75, 3.05) is 14.1 Å². The quantitative estimate of drug-likeness (QED) is 0.320. The molecule has 1 aliphatic rings. The number of quaternary nitrogens is 1. The number of nitrogens with zero attached hydrogens (tertiary/aromatic N) is 4. The molecular formula is C3H7IN4. The Morgan fingerprint density at radius 1 is 1.38 bits per heavy atom. The summed E-state index contributed by atoms with van der Waals surface area (Å²) in [6.45, 7) is 0. The van der Waals surface area contributed by atoms with Gasteiger partial charge in [-0.15, -0.1) is 4.59 Å². The van der Waals surface area contributed by atoms with Crippen molar-refractivity contribution in [1.29, 1.82) is 0 Å². The minimum atomic E-state index is 0. The van der Waals surface area contributed by atoms with E-state index in [1.54, 1.807) is 6.34 Å². The summed E-state index contributed by atoms with van der Waals surface area (Å²) in [7, 11) is 3.78. The van der Waals surface area contributed by atoms with Crippen LogP contribution in [0.25, 0.3) is 0 Å². The first kappa shape index (κ1) is 7.96. The second-order valence-corrected chi connectivity index (χ2v) is 1.89. The van der Waals surface area contributed by atoms with E-state index in [1.165, 1.54) is 0 Å². The minimum absolute atomic E-state index is 0. The zero-order valence-corrected chi connectivity index (χ0v) is 6.90. The second-order valence-electron chi connectivity index (χ2n) is 1.89. The molecule has 0 unspecified atom stereocenters. The summed E-state index contributed by atoms with van der Waals surface area (Å²) < 4.78 is 0.417. The third-order valence-electron chi connectivity index (χ3n) is 0.656. The molecule has 0 fully saturated rings. The fourth-order valence-corrected chi connectivity index (χ4v) is 0.299. The first-order chi connectivity index (χ1) is 3.21. The molecule has 46 valence electrons. The van der Waals surface area contributed by atoms with Crippen molar-refractivity contribution < 1.29 is 28.6 Å². The van der Waals surface area contributed by atoms with Gasteiger partial charge in [0.2, 0.25) is 6.34 Å². The molecule has 1 rings (SSSR count). The molecule has 1 heterocycles. The highest BCUT2D eigenvalue weighted by Gasteiger charge is 2.14. The van der Waals surface area contributed by atoms with Gasteiger partial charge in [-0.2, -0.15) is 0 Å². The van der Waals surface area contributed by atoms with Gasteiger partial charge in [0.1, 0.15) is 14.1 Å². The van der Waals surface area contributed by atoms with Crippen molar-refractivity contribution in [3.8, 4) is 0 Å². The molecular weight excluding hydrogens is 219 g/mol. The zero-order chi connectivity index (χ0) is 5.33. The Balaban J connectivity index is 0.000000490. The maximum absolute atomic E-state index is 3.71. The van der Waals surface area contributed by atoms with Gasteiger partial charge in [-0.3, -0.25) is 0 Å². The molecule has 0 radical (unpaired) electrons. The molecule has 0 saturated carbocycles. The van der Waals surface area contributed by atoms with Gasteiger partial charge in [0.15, 0.2) is 0 Å². The van der Waals surface area contributed by atoms with E-state index >= 15 is 0 Å². The maximum Gasteiger partial charge on any atom is 0.239 e. The van der Waals surface area contributed by atoms with E-state index in [0.29, 0.717) is 4.59 Å². The summed E-state index contributed by atoms with van der Waals surface area (Å²) in [5.74, 6) is 0. The van der Waals surface area contributed by atoms with E-state index < -0.39 is 0 Å². The lowest BCUT2D eigenvalue weighted by Crippen LogP contribution is -3.00. The van der Waals surface area contributed by atoms with Gasteiger partial charge in [0.05, 0.1) is 5.22 Å². The van der Waals surface area contributed by atoms with Gasteiger partial charge < -0.3 is 24.0 Å². The Morgan fingerprint density at radius 3 is 2.12 bits per heavy atom. The van der Waals surface area contributed by atoms with Crippen molar-refractivity contribution in [2.24, 2.45) is 15.5 Å². The molecule has 0 aliphatic carbocycles. The fourth-order valence-electron chi connectivity index (χ4n) is 0.299. The molecule has 0 bridgehead atoms. The molecule has 0 N–H and O–H groups in total. The minimum Gasteiger partial charge on any atom is -1.00 e. The summed E-state index contributed by atoms with van der Waals surface area (Å²) in [6.07, 6.45) is 1.65. The molecule has 0 saturated heterocycles. The highest BCUT2D eigenvalue weighted by Crippen LogP contribution is 2.00. The molecule has 4 nitrogen and oxygen atoms in total. The van der Waals surface area contributed by atoms with Crippen LogP contribution in [0.5, 0.6) is 0 Å². The molecule has 0 aromatic rings. The van der Waals surface area contributed by atoms with Crippen LogP contribution in [0.4, 0.5) is 0 Å². The third kappa shape index (κ3) is 1.83. The standard InChI is InChI=1S/C3H7N4.HI/c1-7(2)3-4-5-6-7;/h3H,1-2H3;1H/q+1;/p-1. The van der Waals surface area contributed by atoms with E-state index in [1.807, 2.05) is 14.1 Å². The zero-order valence-electron chi connectivity index (χ0n) is 4.74. The number of rotatable bonds is 0. The smallest absolute Gasteiger partial charge is 0.239 e. The van der Waals surface area contributed by atoms with E-state index in [9.17, 15) is 0 Å². The lowest BCUT2D eigenvalue weighted by molar-refractivity contribution is -0.800. The normalized spacial score (nSPS) is 20.8. The number of halogens is 1. The average molecular weight is 226 g/mol. The van der Waals surface area contributed by atoms with Crippen molar-refractivity contribution in [1.82, 2.24) is 0 Å². The Bertz CT molecular complexity index is 113. The lowest BCUT2D eigenvalue weighted by atomic mass is 10.9. The first-order valence-electron chi connectivity index (χ1n) is 2.01. The molecule has 0 aromatic carbocycles. The summed E-state index contributed by atoms with van der Waals surface area (Å²) in [6, 6.07) is 0. The van der Waals surface area contributed by atoms with Gasteiger partial charge in [0, 0.05) is 5.22 Å². The van der Waals surface area contributed by atoms with Crippen LogP contribution in [0, 0.1) is 0 Å². The van der Waals surface area contributed by atoms with Gasteiger partial charge in [-0.1, -0.05) is 5.10 Å². The Labute approximate surface area is 64.9 Å². The molecule has 0 amide bonds. The van der Waals surface area contributed by atoms with Gasteiger partial charge in [-0.25, -0.2) is 0 Å². The van der Waals surface area contributed by atoms with Crippen LogP contribution in [0.1, 0.15) is 0 Å². The number of hydrogen-bond donors (Lipinski definition) is 0. The molecule has 0 aromatic heterocycles. The van der Waals surface area contributed by atoms with Gasteiger partial charge in [-0.05, 0) is 0 Å². The van der Waals surface area contributed by atoms with Gasteiger partial charge in [0.25, 0.3) is 0 Å². The SMILES string of the molecule is C[N+]1(C)C=NN=N1.[I-]. The predicted molar refractivity (Wildman–Crippen MR) is 25.5 cm³/mol.